The van der Waals surface area contributed by atoms with Crippen LogP contribution in [0.2, 0.25) is 0 Å². The molecule has 21 nitrogen and oxygen atoms in total. The van der Waals surface area contributed by atoms with Crippen molar-refractivity contribution in [3.8, 4) is 0 Å². The number of methoxy groups -OCH3 is 7. The van der Waals surface area contributed by atoms with E-state index >= 15 is 0 Å². The maximum Gasteiger partial charge on any atom is 0.336 e. The summed E-state index contributed by atoms with van der Waals surface area (Å²) in [6.45, 7) is 16.8. The maximum absolute atomic E-state index is 11.5. The van der Waals surface area contributed by atoms with Crippen molar-refractivity contribution >= 4 is 17.5 Å². The molecule has 4 aliphatic heterocycles. The second-order valence-electron chi connectivity index (χ2n) is 20.9. The van der Waals surface area contributed by atoms with E-state index in [4.69, 9.17) is 71.4 Å². The maximum atomic E-state index is 11.5. The highest BCUT2D eigenvalue weighted by atomic mass is 16.6. The van der Waals surface area contributed by atoms with E-state index < -0.39 is 54.6 Å². The van der Waals surface area contributed by atoms with Crippen LogP contribution < -0.4 is 0 Å². The Morgan fingerprint density at radius 1 is 0.553 bits per heavy atom. The molecule has 4 heterocycles. The van der Waals surface area contributed by atoms with Crippen molar-refractivity contribution in [2.45, 2.75) is 147 Å². The van der Waals surface area contributed by atoms with E-state index in [0.717, 1.165) is 6.42 Å². The summed E-state index contributed by atoms with van der Waals surface area (Å²) >= 11 is 0. The minimum absolute atomic E-state index is 0.0181. The number of benzene rings is 1. The Kier molecular flexibility index (Phi) is 30.1. The van der Waals surface area contributed by atoms with Gasteiger partial charge in [-0.1, -0.05) is 45.9 Å². The lowest BCUT2D eigenvalue weighted by molar-refractivity contribution is -0.252. The predicted molar refractivity (Wildman–Crippen MR) is 278 cm³/mol. The van der Waals surface area contributed by atoms with Gasteiger partial charge in [-0.3, -0.25) is 4.79 Å². The third kappa shape index (κ3) is 18.2. The highest BCUT2D eigenvalue weighted by Crippen LogP contribution is 2.43. The van der Waals surface area contributed by atoms with Crippen molar-refractivity contribution < 1.29 is 101 Å². The zero-order valence-corrected chi connectivity index (χ0v) is 47.8. The number of aliphatic hydroxyl groups excluding tert-OH is 3. The van der Waals surface area contributed by atoms with Crippen LogP contribution in [-0.4, -0.2) is 239 Å². The van der Waals surface area contributed by atoms with E-state index in [0.29, 0.717) is 33.0 Å². The number of aromatic carboxylic acids is 1. The van der Waals surface area contributed by atoms with Gasteiger partial charge < -0.3 is 91.5 Å². The Bertz CT molecular complexity index is 1780. The number of ether oxygens (including phenoxy) is 14. The van der Waals surface area contributed by atoms with Crippen molar-refractivity contribution in [2.24, 2.45) is 35.0 Å². The minimum atomic E-state index is -1.07. The average Bonchev–Trinajstić information content (AvgIpc) is 3.37. The third-order valence-electron chi connectivity index (χ3n) is 15.3. The monoisotopic (exact) mass is 1090 g/mol. The van der Waals surface area contributed by atoms with E-state index in [2.05, 4.69) is 27.7 Å². The van der Waals surface area contributed by atoms with Crippen LogP contribution in [0.5, 0.6) is 0 Å². The molecule has 1 aromatic carbocycles. The fraction of sp³-hybridized carbons (Fsp3) is 0.836. The Hall–Kier alpha value is -2.65. The molecule has 4 aliphatic rings. The van der Waals surface area contributed by atoms with Crippen molar-refractivity contribution in [3.05, 3.63) is 35.4 Å². The van der Waals surface area contributed by atoms with Crippen LogP contribution in [0.25, 0.3) is 0 Å². The third-order valence-corrected chi connectivity index (χ3v) is 15.3. The normalized spacial score (nSPS) is 35.3. The molecule has 4 saturated heterocycles. The van der Waals surface area contributed by atoms with Gasteiger partial charge in [0.15, 0.2) is 5.78 Å². The van der Waals surface area contributed by atoms with E-state index in [1.165, 1.54) is 40.0 Å². The summed E-state index contributed by atoms with van der Waals surface area (Å²) in [7, 11) is 11.4. The molecule has 440 valence electrons. The number of carbonyl (C=O) groups excluding carboxylic acids is 2. The second kappa shape index (κ2) is 33.8. The molecule has 19 atom stereocenters. The Morgan fingerprint density at radius 2 is 1.04 bits per heavy atom. The van der Waals surface area contributed by atoms with Crippen molar-refractivity contribution in [1.82, 2.24) is 0 Å². The lowest BCUT2D eigenvalue weighted by atomic mass is 9.70. The Balaban J connectivity index is 0.000000812. The van der Waals surface area contributed by atoms with Gasteiger partial charge in [0.25, 0.3) is 0 Å². The van der Waals surface area contributed by atoms with Crippen LogP contribution in [0.4, 0.5) is 0 Å². The number of hydrogen-bond donors (Lipinski definition) is 4. The number of hydrogen-bond acceptors (Lipinski definition) is 20. The van der Waals surface area contributed by atoms with Gasteiger partial charge in [-0.2, -0.15) is 0 Å². The molecular formula is C55H94O21. The zero-order valence-electron chi connectivity index (χ0n) is 47.8. The van der Waals surface area contributed by atoms with Crippen LogP contribution >= 0.6 is 0 Å². The van der Waals surface area contributed by atoms with Crippen molar-refractivity contribution in [3.63, 3.8) is 0 Å². The number of carboxylic acid groups (broad SMARTS) is 1. The highest BCUT2D eigenvalue weighted by Gasteiger charge is 2.52. The van der Waals surface area contributed by atoms with Crippen molar-refractivity contribution in [1.29, 1.82) is 0 Å². The molecule has 0 aromatic heterocycles. The second-order valence-corrected chi connectivity index (χ2v) is 20.9. The summed E-state index contributed by atoms with van der Waals surface area (Å²) in [5, 5.41) is 42.1. The molecule has 4 N–H and O–H groups in total. The summed E-state index contributed by atoms with van der Waals surface area (Å²) in [6.07, 6.45) is -6.05. The topological polar surface area (TPSA) is 261 Å². The molecule has 0 aliphatic carbocycles. The SMILES string of the molecule is CC(=O)c1ccccc1C(=O)O.CC(C)=O.CCC1C(COC)OC(COCC2C(C)OC(COCC3C(CO)OC(COCC4C(COC)OC(COC)C(OC)C4C)C(OC)C3O)C(O)C2OC)C(C)(C)C1OC. The first kappa shape index (κ1) is 67.6. The zero-order chi connectivity index (χ0) is 56.9. The quantitative estimate of drug-likeness (QED) is 0.0967. The predicted octanol–water partition coefficient (Wildman–Crippen LogP) is 3.56. The van der Waals surface area contributed by atoms with Crippen LogP contribution in [0, 0.1) is 35.0 Å². The molecule has 0 saturated carbocycles. The standard InChI is InChI=1S/C43H80O17.C9H8O3.C3H6O/c1-13-26-31(18-47-6)60-36(43(4,5)42(26)53-12)23-56-16-28-25(3)57-33(38(46)40(28)51-10)21-55-17-29-30(14-44)58-35(41(52-11)37(29)45)22-54-15-27-24(2)39(50-9)34(20-49-8)59-32(27)19-48-7;1-6(10)7-4-2-3-5-8(7)9(11)12;1-3(2)4/h24-42,44-46H,13-23H2,1-12H3;2-5H,1H3,(H,11,12);1-2H3. The molecule has 21 heteroatoms. The highest BCUT2D eigenvalue weighted by molar-refractivity contribution is 6.04. The van der Waals surface area contributed by atoms with Crippen molar-refractivity contribution in [2.75, 3.05) is 116 Å². The first-order chi connectivity index (χ1) is 36.2. The summed E-state index contributed by atoms with van der Waals surface area (Å²) in [5.74, 6) is -1.83. The smallest absolute Gasteiger partial charge is 0.336 e. The van der Waals surface area contributed by atoms with E-state index in [-0.39, 0.29) is 128 Å². The first-order valence-corrected chi connectivity index (χ1v) is 26.4. The van der Waals surface area contributed by atoms with Gasteiger partial charge in [0, 0.05) is 84.4 Å². The van der Waals surface area contributed by atoms with Gasteiger partial charge in [-0.25, -0.2) is 4.79 Å². The summed E-state index contributed by atoms with van der Waals surface area (Å²) < 4.78 is 83.9. The van der Waals surface area contributed by atoms with Crippen LogP contribution in [0.3, 0.4) is 0 Å². The number of carbonyl (C=O) groups is 3. The van der Waals surface area contributed by atoms with Gasteiger partial charge >= 0.3 is 5.97 Å². The van der Waals surface area contributed by atoms with Crippen LogP contribution in [0.1, 0.15) is 82.5 Å². The van der Waals surface area contributed by atoms with Gasteiger partial charge in [-0.05, 0) is 46.1 Å². The summed E-state index contributed by atoms with van der Waals surface area (Å²) in [6, 6.07) is 6.16. The van der Waals surface area contributed by atoms with Gasteiger partial charge in [0.2, 0.25) is 0 Å². The van der Waals surface area contributed by atoms with Gasteiger partial charge in [-0.15, -0.1) is 0 Å². The van der Waals surface area contributed by atoms with Gasteiger partial charge in [0.1, 0.15) is 36.3 Å². The molecule has 1 aromatic rings. The number of Topliss-reactive ketones (excluding diaryl/α,β-unsaturated/α-hetero) is 2. The van der Waals surface area contributed by atoms with Gasteiger partial charge in [0.05, 0.1) is 127 Å². The number of aliphatic hydroxyl groups is 3. The molecular weight excluding hydrogens is 997 g/mol. The first-order valence-electron chi connectivity index (χ1n) is 26.4. The minimum Gasteiger partial charge on any atom is -0.478 e. The number of rotatable bonds is 26. The largest absolute Gasteiger partial charge is 0.478 e. The molecule has 19 unspecified atom stereocenters. The van der Waals surface area contributed by atoms with E-state index in [1.807, 2.05) is 6.92 Å². The average molecular weight is 1090 g/mol. The van der Waals surface area contributed by atoms with Crippen LogP contribution in [0.15, 0.2) is 24.3 Å². The van der Waals surface area contributed by atoms with E-state index in [1.54, 1.807) is 54.8 Å². The number of ketones is 2. The van der Waals surface area contributed by atoms with Crippen LogP contribution in [-0.2, 0) is 71.1 Å². The molecule has 0 amide bonds. The molecule has 76 heavy (non-hydrogen) atoms. The number of carboxylic acids is 1. The molecule has 0 bridgehead atoms. The fourth-order valence-corrected chi connectivity index (χ4v) is 11.2. The Morgan fingerprint density at radius 3 is 1.54 bits per heavy atom. The molecule has 5 rings (SSSR count). The fourth-order valence-electron chi connectivity index (χ4n) is 11.2. The molecule has 4 fully saturated rings. The molecule has 0 spiro atoms. The summed E-state index contributed by atoms with van der Waals surface area (Å²) in [5.41, 5.74) is -0.00243. The van der Waals surface area contributed by atoms with E-state index in [9.17, 15) is 29.7 Å². The lowest BCUT2D eigenvalue weighted by Crippen LogP contribution is -2.60. The molecule has 0 radical (unpaired) electrons. The summed E-state index contributed by atoms with van der Waals surface area (Å²) in [4.78, 5) is 30.9. The lowest BCUT2D eigenvalue weighted by Gasteiger charge is -2.51. The Labute approximate surface area is 451 Å².